The highest BCUT2D eigenvalue weighted by atomic mass is 32.2. The minimum atomic E-state index is -3.71. The number of phenols is 1. The van der Waals surface area contributed by atoms with E-state index in [1.165, 1.54) is 36.4 Å². The third kappa shape index (κ3) is 2.54. The number of aromatic hydroxyl groups is 1. The van der Waals surface area contributed by atoms with Gasteiger partial charge in [-0.25, -0.2) is 8.42 Å². The summed E-state index contributed by atoms with van der Waals surface area (Å²) in [5.74, 6) is 0.0668. The molecule has 0 aliphatic rings. The molecule has 18 heavy (non-hydrogen) atoms. The monoisotopic (exact) mass is 264 g/mol. The van der Waals surface area contributed by atoms with Crippen LogP contribution in [0, 0.1) is 0 Å². The summed E-state index contributed by atoms with van der Waals surface area (Å²) < 4.78 is 26.5. The first kappa shape index (κ1) is 12.3. The maximum atomic E-state index is 12.1. The fourth-order valence-electron chi connectivity index (χ4n) is 1.46. The van der Waals surface area contributed by atoms with E-state index in [9.17, 15) is 8.42 Å². The number of rotatable bonds is 3. The molecule has 0 amide bonds. The van der Waals surface area contributed by atoms with E-state index in [1.807, 2.05) is 0 Å². The van der Waals surface area contributed by atoms with E-state index in [4.69, 9.17) is 10.8 Å². The molecule has 4 N–H and O–H groups in total. The second-order valence-electron chi connectivity index (χ2n) is 3.69. The fourth-order valence-corrected chi connectivity index (χ4v) is 2.66. The molecule has 2 aromatic carbocycles. The number of nitrogens with two attached hydrogens (primary N) is 1. The molecule has 2 rings (SSSR count). The van der Waals surface area contributed by atoms with Gasteiger partial charge in [0, 0.05) is 5.69 Å². The Hall–Kier alpha value is -2.21. The lowest BCUT2D eigenvalue weighted by molar-refractivity contribution is 0.475. The first-order valence-corrected chi connectivity index (χ1v) is 6.64. The number of hydrogen-bond acceptors (Lipinski definition) is 4. The largest absolute Gasteiger partial charge is 0.508 e. The van der Waals surface area contributed by atoms with Crippen molar-refractivity contribution in [2.75, 3.05) is 10.5 Å². The Labute approximate surface area is 105 Å². The second-order valence-corrected chi connectivity index (χ2v) is 5.34. The predicted molar refractivity (Wildman–Crippen MR) is 69.8 cm³/mol. The van der Waals surface area contributed by atoms with Crippen LogP contribution < -0.4 is 10.5 Å². The number of para-hydroxylation sites is 1. The van der Waals surface area contributed by atoms with Gasteiger partial charge in [0.1, 0.15) is 10.6 Å². The lowest BCUT2D eigenvalue weighted by Crippen LogP contribution is -2.14. The first-order valence-electron chi connectivity index (χ1n) is 5.15. The van der Waals surface area contributed by atoms with Gasteiger partial charge in [0.15, 0.2) is 0 Å². The Kier molecular flexibility index (Phi) is 3.12. The van der Waals surface area contributed by atoms with Gasteiger partial charge in [-0.3, -0.25) is 4.72 Å². The highest BCUT2D eigenvalue weighted by Gasteiger charge is 2.16. The van der Waals surface area contributed by atoms with Crippen LogP contribution in [-0.4, -0.2) is 13.5 Å². The van der Waals surface area contributed by atoms with E-state index in [0.29, 0.717) is 5.69 Å². The van der Waals surface area contributed by atoms with Gasteiger partial charge in [-0.2, -0.15) is 0 Å². The topological polar surface area (TPSA) is 92.4 Å². The van der Waals surface area contributed by atoms with Gasteiger partial charge in [-0.1, -0.05) is 12.1 Å². The van der Waals surface area contributed by atoms with Gasteiger partial charge in [0.2, 0.25) is 0 Å². The molecule has 0 fully saturated rings. The van der Waals surface area contributed by atoms with Crippen molar-refractivity contribution in [3.05, 3.63) is 48.5 Å². The molecule has 0 aromatic heterocycles. The highest BCUT2D eigenvalue weighted by molar-refractivity contribution is 7.92. The lowest BCUT2D eigenvalue weighted by Gasteiger charge is -2.09. The zero-order valence-corrected chi connectivity index (χ0v) is 10.2. The van der Waals surface area contributed by atoms with Crippen LogP contribution in [0.4, 0.5) is 11.4 Å². The summed E-state index contributed by atoms with van der Waals surface area (Å²) in [5, 5.41) is 9.12. The molecule has 0 saturated carbocycles. The van der Waals surface area contributed by atoms with Gasteiger partial charge in [-0.15, -0.1) is 0 Å². The number of phenolic OH excluding ortho intramolecular Hbond substituents is 1. The van der Waals surface area contributed by atoms with Crippen molar-refractivity contribution in [1.82, 2.24) is 0 Å². The average molecular weight is 264 g/mol. The average Bonchev–Trinajstić information content (AvgIpc) is 2.32. The molecule has 6 heteroatoms. The Bertz CT molecular complexity index is 651. The zero-order valence-electron chi connectivity index (χ0n) is 9.37. The number of benzene rings is 2. The van der Waals surface area contributed by atoms with Crippen molar-refractivity contribution < 1.29 is 13.5 Å². The van der Waals surface area contributed by atoms with E-state index >= 15 is 0 Å². The third-order valence-corrected chi connectivity index (χ3v) is 3.78. The van der Waals surface area contributed by atoms with Crippen LogP contribution in [-0.2, 0) is 10.0 Å². The molecule has 0 spiro atoms. The standard InChI is InChI=1S/C12H12N2O3S/c13-11-3-1-2-4-12(11)18(16,17)14-9-5-7-10(15)8-6-9/h1-8,14-15H,13H2. The Morgan fingerprint density at radius 3 is 2.22 bits per heavy atom. The van der Waals surface area contributed by atoms with E-state index in [1.54, 1.807) is 12.1 Å². The molecule has 0 aliphatic carbocycles. The molecule has 0 radical (unpaired) electrons. The number of sulfonamides is 1. The molecular formula is C12H12N2O3S. The van der Waals surface area contributed by atoms with Gasteiger partial charge in [0.05, 0.1) is 5.69 Å². The lowest BCUT2D eigenvalue weighted by atomic mass is 10.3. The van der Waals surface area contributed by atoms with Gasteiger partial charge in [0.25, 0.3) is 10.0 Å². The molecule has 94 valence electrons. The van der Waals surface area contributed by atoms with Crippen molar-refractivity contribution in [3.8, 4) is 5.75 Å². The maximum absolute atomic E-state index is 12.1. The highest BCUT2D eigenvalue weighted by Crippen LogP contribution is 2.22. The number of hydrogen-bond donors (Lipinski definition) is 3. The van der Waals surface area contributed by atoms with Crippen LogP contribution in [0.3, 0.4) is 0 Å². The fraction of sp³-hybridized carbons (Fsp3) is 0. The van der Waals surface area contributed by atoms with Crippen molar-refractivity contribution in [1.29, 1.82) is 0 Å². The van der Waals surface area contributed by atoms with Gasteiger partial charge < -0.3 is 10.8 Å². The van der Waals surface area contributed by atoms with E-state index in [2.05, 4.69) is 4.72 Å². The van der Waals surface area contributed by atoms with E-state index < -0.39 is 10.0 Å². The quantitative estimate of drug-likeness (QED) is 0.582. The van der Waals surface area contributed by atoms with E-state index in [-0.39, 0.29) is 16.3 Å². The Balaban J connectivity index is 2.33. The van der Waals surface area contributed by atoms with Crippen LogP contribution in [0.2, 0.25) is 0 Å². The van der Waals surface area contributed by atoms with E-state index in [0.717, 1.165) is 0 Å². The van der Waals surface area contributed by atoms with Crippen molar-refractivity contribution in [3.63, 3.8) is 0 Å². The molecule has 0 bridgehead atoms. The number of nitrogen functional groups attached to an aromatic ring is 1. The molecule has 0 heterocycles. The summed E-state index contributed by atoms with van der Waals surface area (Å²) in [6.07, 6.45) is 0. The first-order chi connectivity index (χ1) is 8.49. The molecule has 0 unspecified atom stereocenters. The predicted octanol–water partition coefficient (Wildman–Crippen LogP) is 1.78. The summed E-state index contributed by atoms with van der Waals surface area (Å²) in [6.45, 7) is 0. The summed E-state index contributed by atoms with van der Waals surface area (Å²) >= 11 is 0. The molecule has 0 atom stereocenters. The molecule has 0 saturated heterocycles. The Morgan fingerprint density at radius 2 is 1.61 bits per heavy atom. The van der Waals surface area contributed by atoms with Crippen LogP contribution in [0.15, 0.2) is 53.4 Å². The smallest absolute Gasteiger partial charge is 0.263 e. The molecule has 2 aromatic rings. The molecular weight excluding hydrogens is 252 g/mol. The minimum Gasteiger partial charge on any atom is -0.508 e. The summed E-state index contributed by atoms with van der Waals surface area (Å²) in [7, 11) is -3.71. The summed E-state index contributed by atoms with van der Waals surface area (Å²) in [5.41, 5.74) is 6.17. The van der Waals surface area contributed by atoms with Crippen LogP contribution in [0.25, 0.3) is 0 Å². The second kappa shape index (κ2) is 4.58. The number of nitrogens with one attached hydrogen (secondary N) is 1. The normalized spacial score (nSPS) is 11.1. The van der Waals surface area contributed by atoms with Crippen molar-refractivity contribution >= 4 is 21.4 Å². The summed E-state index contributed by atoms with van der Waals surface area (Å²) in [6, 6.07) is 11.9. The van der Waals surface area contributed by atoms with Crippen molar-refractivity contribution in [2.24, 2.45) is 0 Å². The molecule has 0 aliphatic heterocycles. The maximum Gasteiger partial charge on any atom is 0.263 e. The number of anilines is 2. The zero-order chi connectivity index (χ0) is 13.2. The SMILES string of the molecule is Nc1ccccc1S(=O)(=O)Nc1ccc(O)cc1. The van der Waals surface area contributed by atoms with Crippen LogP contribution in [0.5, 0.6) is 5.75 Å². The van der Waals surface area contributed by atoms with Crippen molar-refractivity contribution in [2.45, 2.75) is 4.90 Å². The minimum absolute atomic E-state index is 0.0260. The third-order valence-electron chi connectivity index (χ3n) is 2.33. The van der Waals surface area contributed by atoms with Crippen LogP contribution >= 0.6 is 0 Å². The van der Waals surface area contributed by atoms with Gasteiger partial charge in [-0.05, 0) is 36.4 Å². The van der Waals surface area contributed by atoms with Crippen LogP contribution in [0.1, 0.15) is 0 Å². The Morgan fingerprint density at radius 1 is 1.00 bits per heavy atom. The summed E-state index contributed by atoms with van der Waals surface area (Å²) in [4.78, 5) is 0.0260. The van der Waals surface area contributed by atoms with Gasteiger partial charge >= 0.3 is 0 Å². The molecule has 5 nitrogen and oxygen atoms in total.